The van der Waals surface area contributed by atoms with Crippen molar-refractivity contribution in [1.82, 2.24) is 10.2 Å². The van der Waals surface area contributed by atoms with Crippen LogP contribution in [-0.4, -0.2) is 51.8 Å². The normalized spacial score (nSPS) is 11.8. The van der Waals surface area contributed by atoms with Crippen molar-refractivity contribution in [1.29, 1.82) is 0 Å². The number of carbonyl (C=O) groups is 1. The van der Waals surface area contributed by atoms with Crippen LogP contribution in [0.15, 0.2) is 42.5 Å². The molecule has 6 nitrogen and oxygen atoms in total. The first-order valence-corrected chi connectivity index (χ1v) is 9.01. The van der Waals surface area contributed by atoms with E-state index in [2.05, 4.69) is 5.32 Å². The highest BCUT2D eigenvalue weighted by Crippen LogP contribution is 2.29. The molecule has 1 N–H and O–H groups in total. The molecular formula is C21H27FN2O4. The lowest BCUT2D eigenvalue weighted by atomic mass is 10.1. The number of halogens is 1. The molecular weight excluding hydrogens is 363 g/mol. The van der Waals surface area contributed by atoms with Gasteiger partial charge in [-0.1, -0.05) is 6.07 Å². The maximum Gasteiger partial charge on any atom is 0.234 e. The van der Waals surface area contributed by atoms with Crippen LogP contribution in [0.2, 0.25) is 0 Å². The van der Waals surface area contributed by atoms with E-state index in [0.29, 0.717) is 30.4 Å². The van der Waals surface area contributed by atoms with Gasteiger partial charge in [0.15, 0.2) is 0 Å². The Morgan fingerprint density at radius 3 is 2.61 bits per heavy atom. The number of ether oxygens (including phenoxy) is 3. The number of likely N-dealkylation sites (N-methyl/N-ethyl adjacent to an activating group) is 1. The number of nitrogens with zero attached hydrogens (tertiary/aromatic N) is 1. The van der Waals surface area contributed by atoms with E-state index in [9.17, 15) is 9.18 Å². The molecule has 2 rings (SSSR count). The Bertz CT molecular complexity index is 785. The van der Waals surface area contributed by atoms with Crippen molar-refractivity contribution in [2.45, 2.75) is 13.0 Å². The van der Waals surface area contributed by atoms with E-state index >= 15 is 0 Å². The Morgan fingerprint density at radius 1 is 1.14 bits per heavy atom. The zero-order chi connectivity index (χ0) is 20.5. The minimum Gasteiger partial charge on any atom is -0.497 e. The van der Waals surface area contributed by atoms with Crippen LogP contribution >= 0.6 is 0 Å². The number of benzene rings is 2. The van der Waals surface area contributed by atoms with Gasteiger partial charge in [0.1, 0.15) is 29.7 Å². The van der Waals surface area contributed by atoms with Gasteiger partial charge in [0, 0.05) is 18.2 Å². The fraction of sp³-hybridized carbons (Fsp3) is 0.381. The van der Waals surface area contributed by atoms with Gasteiger partial charge in [0.2, 0.25) is 5.91 Å². The molecule has 0 aliphatic rings. The Labute approximate surface area is 165 Å². The minimum atomic E-state index is -0.341. The molecule has 0 bridgehead atoms. The molecule has 0 heterocycles. The van der Waals surface area contributed by atoms with Gasteiger partial charge in [-0.05, 0) is 44.3 Å². The average Bonchev–Trinajstić information content (AvgIpc) is 2.67. The number of rotatable bonds is 10. The number of hydrogen-bond acceptors (Lipinski definition) is 5. The standard InChI is InChI=1S/C21H27FN2O4/c1-15(19-13-17(26-3)8-9-20(19)27-4)23-21(25)14-24(2)10-11-28-18-7-5-6-16(22)12-18/h5-9,12-13,15H,10-11,14H2,1-4H3,(H,23,25). The Balaban J connectivity index is 1.82. The highest BCUT2D eigenvalue weighted by molar-refractivity contribution is 5.78. The number of methoxy groups -OCH3 is 2. The summed E-state index contributed by atoms with van der Waals surface area (Å²) in [6.45, 7) is 2.98. The topological polar surface area (TPSA) is 60.0 Å². The van der Waals surface area contributed by atoms with Crippen molar-refractivity contribution >= 4 is 5.91 Å². The molecule has 0 saturated carbocycles. The summed E-state index contributed by atoms with van der Waals surface area (Å²) in [7, 11) is 5.01. The van der Waals surface area contributed by atoms with Crippen LogP contribution in [0.4, 0.5) is 4.39 Å². The lowest BCUT2D eigenvalue weighted by molar-refractivity contribution is -0.122. The molecule has 1 unspecified atom stereocenters. The second-order valence-corrected chi connectivity index (χ2v) is 6.44. The van der Waals surface area contributed by atoms with Crippen LogP contribution in [0.3, 0.4) is 0 Å². The predicted octanol–water partition coefficient (Wildman–Crippen LogP) is 3.03. The van der Waals surface area contributed by atoms with Crippen LogP contribution in [-0.2, 0) is 4.79 Å². The number of nitrogens with one attached hydrogen (secondary N) is 1. The lowest BCUT2D eigenvalue weighted by Crippen LogP contribution is -2.38. The third-order valence-electron chi connectivity index (χ3n) is 4.23. The van der Waals surface area contributed by atoms with E-state index in [-0.39, 0.29) is 24.3 Å². The smallest absolute Gasteiger partial charge is 0.234 e. The fourth-order valence-corrected chi connectivity index (χ4v) is 2.74. The molecule has 1 amide bonds. The van der Waals surface area contributed by atoms with Crippen LogP contribution in [0.1, 0.15) is 18.5 Å². The maximum absolute atomic E-state index is 13.1. The largest absolute Gasteiger partial charge is 0.497 e. The summed E-state index contributed by atoms with van der Waals surface area (Å²) in [5, 5.41) is 2.96. The van der Waals surface area contributed by atoms with E-state index < -0.39 is 0 Å². The zero-order valence-corrected chi connectivity index (χ0v) is 16.7. The predicted molar refractivity (Wildman–Crippen MR) is 105 cm³/mol. The van der Waals surface area contributed by atoms with Crippen LogP contribution in [0, 0.1) is 5.82 Å². The Hall–Kier alpha value is -2.80. The van der Waals surface area contributed by atoms with Gasteiger partial charge in [-0.3, -0.25) is 9.69 Å². The third kappa shape index (κ3) is 6.42. The van der Waals surface area contributed by atoms with E-state index in [1.54, 1.807) is 26.4 Å². The van der Waals surface area contributed by atoms with Crippen LogP contribution in [0.25, 0.3) is 0 Å². The lowest BCUT2D eigenvalue weighted by Gasteiger charge is -2.21. The summed E-state index contributed by atoms with van der Waals surface area (Å²) in [5.74, 6) is 1.39. The number of hydrogen-bond donors (Lipinski definition) is 1. The van der Waals surface area contributed by atoms with Crippen molar-refractivity contribution in [2.75, 3.05) is 41.0 Å². The molecule has 0 radical (unpaired) electrons. The van der Waals surface area contributed by atoms with Gasteiger partial charge >= 0.3 is 0 Å². The van der Waals surface area contributed by atoms with E-state index in [4.69, 9.17) is 14.2 Å². The summed E-state index contributed by atoms with van der Waals surface area (Å²) in [4.78, 5) is 14.2. The molecule has 0 spiro atoms. The van der Waals surface area contributed by atoms with Crippen molar-refractivity contribution in [3.8, 4) is 17.2 Å². The minimum absolute atomic E-state index is 0.120. The SMILES string of the molecule is COc1ccc(OC)c(C(C)NC(=O)CN(C)CCOc2cccc(F)c2)c1. The molecule has 7 heteroatoms. The first-order chi connectivity index (χ1) is 13.4. The quantitative estimate of drug-likeness (QED) is 0.676. The highest BCUT2D eigenvalue weighted by Gasteiger charge is 2.16. The Morgan fingerprint density at radius 2 is 1.93 bits per heavy atom. The van der Waals surface area contributed by atoms with Gasteiger partial charge in [-0.15, -0.1) is 0 Å². The molecule has 0 fully saturated rings. The molecule has 2 aromatic rings. The number of amides is 1. The molecule has 1 atom stereocenters. The van der Waals surface area contributed by atoms with E-state index in [1.165, 1.54) is 12.1 Å². The summed E-state index contributed by atoms with van der Waals surface area (Å²) >= 11 is 0. The van der Waals surface area contributed by atoms with Crippen LogP contribution < -0.4 is 19.5 Å². The van der Waals surface area contributed by atoms with Crippen molar-refractivity contribution in [3.63, 3.8) is 0 Å². The monoisotopic (exact) mass is 390 g/mol. The summed E-state index contributed by atoms with van der Waals surface area (Å²) in [6, 6.07) is 11.2. The fourth-order valence-electron chi connectivity index (χ4n) is 2.74. The molecule has 0 aliphatic carbocycles. The van der Waals surface area contributed by atoms with E-state index in [1.807, 2.05) is 37.1 Å². The molecule has 0 aromatic heterocycles. The van der Waals surface area contributed by atoms with Gasteiger partial charge in [0.25, 0.3) is 0 Å². The van der Waals surface area contributed by atoms with Gasteiger partial charge in [0.05, 0.1) is 26.8 Å². The Kier molecular flexibility index (Phi) is 8.07. The summed E-state index contributed by atoms with van der Waals surface area (Å²) in [6.07, 6.45) is 0. The third-order valence-corrected chi connectivity index (χ3v) is 4.23. The second-order valence-electron chi connectivity index (χ2n) is 6.44. The highest BCUT2D eigenvalue weighted by atomic mass is 19.1. The molecule has 0 aliphatic heterocycles. The maximum atomic E-state index is 13.1. The zero-order valence-electron chi connectivity index (χ0n) is 16.7. The van der Waals surface area contributed by atoms with Crippen molar-refractivity contribution < 1.29 is 23.4 Å². The molecule has 0 saturated heterocycles. The second kappa shape index (κ2) is 10.5. The first-order valence-electron chi connectivity index (χ1n) is 9.01. The molecule has 28 heavy (non-hydrogen) atoms. The van der Waals surface area contributed by atoms with Crippen LogP contribution in [0.5, 0.6) is 17.2 Å². The molecule has 2 aromatic carbocycles. The number of carbonyl (C=O) groups excluding carboxylic acids is 1. The van der Waals surface area contributed by atoms with Gasteiger partial charge < -0.3 is 19.5 Å². The summed E-state index contributed by atoms with van der Waals surface area (Å²) < 4.78 is 29.2. The van der Waals surface area contributed by atoms with E-state index in [0.717, 1.165) is 5.56 Å². The van der Waals surface area contributed by atoms with Gasteiger partial charge in [-0.25, -0.2) is 4.39 Å². The average molecular weight is 390 g/mol. The van der Waals surface area contributed by atoms with Crippen molar-refractivity contribution in [2.24, 2.45) is 0 Å². The van der Waals surface area contributed by atoms with Crippen molar-refractivity contribution in [3.05, 3.63) is 53.8 Å². The summed E-state index contributed by atoms with van der Waals surface area (Å²) in [5.41, 5.74) is 0.840. The first kappa shape index (κ1) is 21.5. The molecule has 152 valence electrons. The van der Waals surface area contributed by atoms with Gasteiger partial charge in [-0.2, -0.15) is 0 Å².